The number of rotatable bonds is 4. The van der Waals surface area contributed by atoms with E-state index in [4.69, 9.17) is 4.74 Å². The summed E-state index contributed by atoms with van der Waals surface area (Å²) in [5.74, 6) is 0.840. The van der Waals surface area contributed by atoms with E-state index in [0.29, 0.717) is 5.69 Å². The number of amides is 2. The zero-order chi connectivity index (χ0) is 15.2. The van der Waals surface area contributed by atoms with Crippen molar-refractivity contribution in [3.8, 4) is 11.5 Å². The van der Waals surface area contributed by atoms with E-state index in [1.165, 1.54) is 12.1 Å². The SMILES string of the molecule is Cc1cccc(OCNC(=O)Nc2cccc(O)c2)c1C. The lowest BCUT2D eigenvalue weighted by molar-refractivity contribution is 0.234. The van der Waals surface area contributed by atoms with Crippen LogP contribution in [0.1, 0.15) is 11.1 Å². The molecule has 0 radical (unpaired) electrons. The van der Waals surface area contributed by atoms with Gasteiger partial charge in [-0.2, -0.15) is 0 Å². The lowest BCUT2D eigenvalue weighted by atomic mass is 10.1. The standard InChI is InChI=1S/C16H18N2O3/c1-11-5-3-8-15(12(11)2)21-10-17-16(20)18-13-6-4-7-14(19)9-13/h3-9,19H,10H2,1-2H3,(H2,17,18,20). The number of hydrogen-bond donors (Lipinski definition) is 3. The van der Waals surface area contributed by atoms with Gasteiger partial charge in [0.25, 0.3) is 0 Å². The van der Waals surface area contributed by atoms with Crippen LogP contribution in [-0.2, 0) is 0 Å². The normalized spacial score (nSPS) is 10.0. The molecule has 2 amide bonds. The van der Waals surface area contributed by atoms with Gasteiger partial charge in [-0.1, -0.05) is 18.2 Å². The summed E-state index contributed by atoms with van der Waals surface area (Å²) in [5.41, 5.74) is 2.70. The summed E-state index contributed by atoms with van der Waals surface area (Å²) in [6.07, 6.45) is 0. The number of benzene rings is 2. The summed E-state index contributed by atoms with van der Waals surface area (Å²) in [6, 6.07) is 11.7. The topological polar surface area (TPSA) is 70.6 Å². The van der Waals surface area contributed by atoms with Crippen molar-refractivity contribution >= 4 is 11.7 Å². The number of urea groups is 1. The summed E-state index contributed by atoms with van der Waals surface area (Å²) >= 11 is 0. The first-order valence-corrected chi connectivity index (χ1v) is 6.59. The molecule has 0 aromatic heterocycles. The number of phenolic OH excluding ortho intramolecular Hbond substituents is 1. The fourth-order valence-corrected chi connectivity index (χ4v) is 1.82. The second-order valence-corrected chi connectivity index (χ2v) is 4.67. The van der Waals surface area contributed by atoms with Gasteiger partial charge in [0.2, 0.25) is 0 Å². The van der Waals surface area contributed by atoms with Crippen molar-refractivity contribution in [2.45, 2.75) is 13.8 Å². The lowest BCUT2D eigenvalue weighted by Gasteiger charge is -2.12. The Bertz CT molecular complexity index is 641. The van der Waals surface area contributed by atoms with Gasteiger partial charge in [-0.3, -0.25) is 0 Å². The van der Waals surface area contributed by atoms with E-state index in [-0.39, 0.29) is 12.5 Å². The van der Waals surface area contributed by atoms with Crippen LogP contribution in [0, 0.1) is 13.8 Å². The molecule has 21 heavy (non-hydrogen) atoms. The predicted molar refractivity (Wildman–Crippen MR) is 81.7 cm³/mol. The molecule has 0 saturated heterocycles. The van der Waals surface area contributed by atoms with Crippen LogP contribution >= 0.6 is 0 Å². The maximum Gasteiger partial charge on any atom is 0.321 e. The van der Waals surface area contributed by atoms with Gasteiger partial charge < -0.3 is 20.5 Å². The minimum absolute atomic E-state index is 0.0644. The Morgan fingerprint density at radius 2 is 1.95 bits per heavy atom. The van der Waals surface area contributed by atoms with Crippen LogP contribution in [-0.4, -0.2) is 17.9 Å². The number of hydrogen-bond acceptors (Lipinski definition) is 3. The number of aromatic hydroxyl groups is 1. The molecule has 0 aliphatic carbocycles. The van der Waals surface area contributed by atoms with Gasteiger partial charge in [-0.25, -0.2) is 4.79 Å². The van der Waals surface area contributed by atoms with Gasteiger partial charge >= 0.3 is 6.03 Å². The van der Waals surface area contributed by atoms with Crippen LogP contribution in [0.15, 0.2) is 42.5 Å². The quantitative estimate of drug-likeness (QED) is 0.756. The van der Waals surface area contributed by atoms with Gasteiger partial charge in [0.1, 0.15) is 11.5 Å². The fourth-order valence-electron chi connectivity index (χ4n) is 1.82. The number of carbonyl (C=O) groups is 1. The van der Waals surface area contributed by atoms with Gasteiger partial charge in [0, 0.05) is 11.8 Å². The Labute approximate surface area is 123 Å². The van der Waals surface area contributed by atoms with E-state index in [9.17, 15) is 9.90 Å². The van der Waals surface area contributed by atoms with E-state index >= 15 is 0 Å². The van der Waals surface area contributed by atoms with Crippen molar-refractivity contribution in [1.29, 1.82) is 0 Å². The molecule has 0 atom stereocenters. The number of phenols is 1. The summed E-state index contributed by atoms with van der Waals surface area (Å²) in [7, 11) is 0. The van der Waals surface area contributed by atoms with Crippen LogP contribution in [0.2, 0.25) is 0 Å². The average Bonchev–Trinajstić information content (AvgIpc) is 2.43. The molecular formula is C16H18N2O3. The van der Waals surface area contributed by atoms with Crippen molar-refractivity contribution in [1.82, 2.24) is 5.32 Å². The Morgan fingerprint density at radius 3 is 2.71 bits per heavy atom. The van der Waals surface area contributed by atoms with Gasteiger partial charge in [-0.05, 0) is 43.2 Å². The van der Waals surface area contributed by atoms with Crippen LogP contribution in [0.25, 0.3) is 0 Å². The molecule has 0 fully saturated rings. The second-order valence-electron chi connectivity index (χ2n) is 4.67. The molecule has 0 heterocycles. The summed E-state index contributed by atoms with van der Waals surface area (Å²) < 4.78 is 5.53. The van der Waals surface area contributed by atoms with Crippen LogP contribution in [0.3, 0.4) is 0 Å². The molecule has 2 aromatic carbocycles. The highest BCUT2D eigenvalue weighted by atomic mass is 16.5. The molecule has 3 N–H and O–H groups in total. The third kappa shape index (κ3) is 4.14. The number of ether oxygens (including phenoxy) is 1. The number of carbonyl (C=O) groups excluding carboxylic acids is 1. The fraction of sp³-hybridized carbons (Fsp3) is 0.188. The van der Waals surface area contributed by atoms with E-state index in [1.54, 1.807) is 12.1 Å². The molecule has 0 aliphatic rings. The van der Waals surface area contributed by atoms with Crippen molar-refractivity contribution in [3.63, 3.8) is 0 Å². The van der Waals surface area contributed by atoms with E-state index in [2.05, 4.69) is 10.6 Å². The van der Waals surface area contributed by atoms with Crippen molar-refractivity contribution in [2.75, 3.05) is 12.0 Å². The Kier molecular flexibility index (Phi) is 4.66. The highest BCUT2D eigenvalue weighted by Crippen LogP contribution is 2.20. The van der Waals surface area contributed by atoms with E-state index < -0.39 is 6.03 Å². The predicted octanol–water partition coefficient (Wildman–Crippen LogP) is 3.17. The zero-order valence-electron chi connectivity index (χ0n) is 12.0. The maximum absolute atomic E-state index is 11.7. The maximum atomic E-state index is 11.7. The molecule has 0 aliphatic heterocycles. The minimum atomic E-state index is -0.397. The molecule has 0 unspecified atom stereocenters. The van der Waals surface area contributed by atoms with Crippen molar-refractivity contribution < 1.29 is 14.6 Å². The molecule has 110 valence electrons. The second kappa shape index (κ2) is 6.65. The van der Waals surface area contributed by atoms with Crippen LogP contribution < -0.4 is 15.4 Å². The average molecular weight is 286 g/mol. The first-order chi connectivity index (χ1) is 10.1. The highest BCUT2D eigenvalue weighted by Gasteiger charge is 2.04. The summed E-state index contributed by atoms with van der Waals surface area (Å²) in [4.78, 5) is 11.7. The third-order valence-electron chi connectivity index (χ3n) is 3.12. The molecule has 2 aromatic rings. The lowest BCUT2D eigenvalue weighted by Crippen LogP contribution is -2.32. The number of nitrogens with one attached hydrogen (secondary N) is 2. The molecule has 0 bridgehead atoms. The summed E-state index contributed by atoms with van der Waals surface area (Å²) in [5, 5.41) is 14.5. The van der Waals surface area contributed by atoms with Crippen LogP contribution in [0.5, 0.6) is 11.5 Å². The molecule has 0 saturated carbocycles. The number of aryl methyl sites for hydroxylation is 1. The van der Waals surface area contributed by atoms with Gasteiger partial charge in [0.15, 0.2) is 6.73 Å². The van der Waals surface area contributed by atoms with Gasteiger partial charge in [-0.15, -0.1) is 0 Å². The Balaban J connectivity index is 1.83. The highest BCUT2D eigenvalue weighted by molar-refractivity contribution is 5.89. The number of anilines is 1. The van der Waals surface area contributed by atoms with Crippen LogP contribution in [0.4, 0.5) is 10.5 Å². The minimum Gasteiger partial charge on any atom is -0.508 e. The van der Waals surface area contributed by atoms with Crippen molar-refractivity contribution in [3.05, 3.63) is 53.6 Å². The first-order valence-electron chi connectivity index (χ1n) is 6.59. The molecule has 5 heteroatoms. The Morgan fingerprint density at radius 1 is 1.19 bits per heavy atom. The molecular weight excluding hydrogens is 268 g/mol. The monoisotopic (exact) mass is 286 g/mol. The molecule has 5 nitrogen and oxygen atoms in total. The smallest absolute Gasteiger partial charge is 0.321 e. The van der Waals surface area contributed by atoms with E-state index in [1.807, 2.05) is 32.0 Å². The van der Waals surface area contributed by atoms with Gasteiger partial charge in [0.05, 0.1) is 0 Å². The largest absolute Gasteiger partial charge is 0.508 e. The van der Waals surface area contributed by atoms with E-state index in [0.717, 1.165) is 16.9 Å². The van der Waals surface area contributed by atoms with Crippen molar-refractivity contribution in [2.24, 2.45) is 0 Å². The zero-order valence-corrected chi connectivity index (χ0v) is 12.0. The molecule has 2 rings (SSSR count). The third-order valence-corrected chi connectivity index (χ3v) is 3.12. The molecule has 0 spiro atoms. The summed E-state index contributed by atoms with van der Waals surface area (Å²) in [6.45, 7) is 4.04. The Hall–Kier alpha value is -2.69. The first kappa shape index (κ1) is 14.7.